The van der Waals surface area contributed by atoms with Crippen LogP contribution in [0.3, 0.4) is 0 Å². The van der Waals surface area contributed by atoms with Crippen LogP contribution in [0.25, 0.3) is 0 Å². The SMILES string of the molecule is CCCCC(=C=C([C@@H](O)CCCC)S(=O)c1ccc(C)cc1)C(C)(C)C. The number of benzene rings is 1. The van der Waals surface area contributed by atoms with Gasteiger partial charge >= 0.3 is 0 Å². The Bertz CT molecular complexity index is 644. The monoisotopic (exact) mass is 376 g/mol. The molecule has 3 heteroatoms. The van der Waals surface area contributed by atoms with Crippen molar-refractivity contribution in [3.05, 3.63) is 46.0 Å². The van der Waals surface area contributed by atoms with Crippen LogP contribution in [-0.4, -0.2) is 15.4 Å². The Labute approximate surface area is 162 Å². The van der Waals surface area contributed by atoms with Gasteiger partial charge in [0.15, 0.2) is 0 Å². The smallest absolute Gasteiger partial charge is 0.0950 e. The molecule has 1 N–H and O–H groups in total. The molecule has 1 unspecified atom stereocenters. The predicted octanol–water partition coefficient (Wildman–Crippen LogP) is 6.30. The summed E-state index contributed by atoms with van der Waals surface area (Å²) in [5, 5.41) is 10.8. The third-order valence-electron chi connectivity index (χ3n) is 4.53. The number of aliphatic hydroxyl groups excluding tert-OH is 1. The number of rotatable bonds is 9. The molecule has 0 bridgehead atoms. The molecule has 146 valence electrons. The Hall–Kier alpha value is -1.15. The van der Waals surface area contributed by atoms with Crippen molar-refractivity contribution in [1.29, 1.82) is 0 Å². The standard InChI is InChI=1S/C23H36O2S/c1-7-9-11-19(23(4,5)6)17-22(21(24)12-10-8-2)26(25)20-15-13-18(3)14-16-20/h13-16,21,24H,7-12H2,1-6H3/t17?,21-,26?/m0/s1. The highest BCUT2D eigenvalue weighted by atomic mass is 32.2. The molecule has 0 spiro atoms. The maximum absolute atomic E-state index is 13.2. The molecule has 1 aromatic rings. The molecule has 0 fully saturated rings. The summed E-state index contributed by atoms with van der Waals surface area (Å²) in [4.78, 5) is 1.26. The van der Waals surface area contributed by atoms with Crippen LogP contribution in [-0.2, 0) is 10.8 Å². The summed E-state index contributed by atoms with van der Waals surface area (Å²) in [6.07, 6.45) is 4.95. The third kappa shape index (κ3) is 7.23. The highest BCUT2D eigenvalue weighted by Gasteiger charge is 2.22. The van der Waals surface area contributed by atoms with Gasteiger partial charge in [-0.1, -0.05) is 71.6 Å². The minimum Gasteiger partial charge on any atom is -0.387 e. The normalized spacial score (nSPS) is 13.8. The lowest BCUT2D eigenvalue weighted by Gasteiger charge is -2.22. The van der Waals surface area contributed by atoms with Gasteiger partial charge in [-0.15, -0.1) is 5.73 Å². The fraction of sp³-hybridized carbons (Fsp3) is 0.609. The van der Waals surface area contributed by atoms with Crippen LogP contribution < -0.4 is 0 Å². The van der Waals surface area contributed by atoms with E-state index in [2.05, 4.69) is 40.3 Å². The molecule has 0 aliphatic carbocycles. The highest BCUT2D eigenvalue weighted by Crippen LogP contribution is 2.30. The van der Waals surface area contributed by atoms with E-state index < -0.39 is 16.9 Å². The molecule has 2 nitrogen and oxygen atoms in total. The van der Waals surface area contributed by atoms with Gasteiger partial charge in [-0.25, -0.2) is 4.21 Å². The van der Waals surface area contributed by atoms with Crippen LogP contribution in [0.1, 0.15) is 78.7 Å². The van der Waals surface area contributed by atoms with Gasteiger partial charge in [0.2, 0.25) is 0 Å². The first-order chi connectivity index (χ1) is 12.2. The molecule has 1 rings (SSSR count). The summed E-state index contributed by atoms with van der Waals surface area (Å²) < 4.78 is 13.2. The van der Waals surface area contributed by atoms with Gasteiger partial charge in [-0.2, -0.15) is 0 Å². The molecule has 0 saturated carbocycles. The van der Waals surface area contributed by atoms with Gasteiger partial charge in [0.25, 0.3) is 0 Å². The van der Waals surface area contributed by atoms with Crippen molar-refractivity contribution < 1.29 is 9.32 Å². The van der Waals surface area contributed by atoms with Gasteiger partial charge in [0, 0.05) is 4.90 Å². The van der Waals surface area contributed by atoms with Gasteiger partial charge < -0.3 is 5.11 Å². The van der Waals surface area contributed by atoms with Crippen molar-refractivity contribution in [2.75, 3.05) is 0 Å². The van der Waals surface area contributed by atoms with E-state index in [1.165, 1.54) is 0 Å². The first kappa shape index (κ1) is 22.9. The summed E-state index contributed by atoms with van der Waals surface area (Å²) in [5.41, 5.74) is 5.66. The zero-order valence-electron chi connectivity index (χ0n) is 17.4. The van der Waals surface area contributed by atoms with Crippen molar-refractivity contribution in [1.82, 2.24) is 0 Å². The van der Waals surface area contributed by atoms with Crippen LogP contribution in [0.15, 0.2) is 45.4 Å². The lowest BCUT2D eigenvalue weighted by Crippen LogP contribution is -2.16. The van der Waals surface area contributed by atoms with Crippen molar-refractivity contribution in [3.63, 3.8) is 0 Å². The summed E-state index contributed by atoms with van der Waals surface area (Å²) in [7, 11) is -1.39. The molecule has 0 amide bonds. The molecule has 0 radical (unpaired) electrons. The van der Waals surface area contributed by atoms with E-state index >= 15 is 0 Å². The maximum atomic E-state index is 13.2. The zero-order valence-corrected chi connectivity index (χ0v) is 18.2. The molecule has 0 aliphatic rings. The lowest BCUT2D eigenvalue weighted by molar-refractivity contribution is 0.205. The summed E-state index contributed by atoms with van der Waals surface area (Å²) in [6, 6.07) is 7.72. The Morgan fingerprint density at radius 2 is 1.69 bits per heavy atom. The second-order valence-electron chi connectivity index (χ2n) is 8.06. The summed E-state index contributed by atoms with van der Waals surface area (Å²) >= 11 is 0. The minimum absolute atomic E-state index is 0.0532. The van der Waals surface area contributed by atoms with Gasteiger partial charge in [0.05, 0.1) is 21.8 Å². The largest absolute Gasteiger partial charge is 0.387 e. The Kier molecular flexibility index (Phi) is 9.57. The zero-order chi connectivity index (χ0) is 19.7. The molecule has 0 aromatic heterocycles. The number of aryl methyl sites for hydroxylation is 1. The highest BCUT2D eigenvalue weighted by molar-refractivity contribution is 7.89. The molecule has 1 aromatic carbocycles. The number of hydrogen-bond donors (Lipinski definition) is 1. The molecule has 26 heavy (non-hydrogen) atoms. The van der Waals surface area contributed by atoms with E-state index in [0.29, 0.717) is 11.3 Å². The van der Waals surface area contributed by atoms with E-state index in [1.54, 1.807) is 0 Å². The topological polar surface area (TPSA) is 37.3 Å². The molecular formula is C23H36O2S. The van der Waals surface area contributed by atoms with Crippen molar-refractivity contribution >= 4 is 10.8 Å². The van der Waals surface area contributed by atoms with Crippen molar-refractivity contribution in [2.24, 2.45) is 5.41 Å². The van der Waals surface area contributed by atoms with E-state index in [-0.39, 0.29) is 5.41 Å². The summed E-state index contributed by atoms with van der Waals surface area (Å²) in [5.74, 6) is 0. The van der Waals surface area contributed by atoms with Crippen LogP contribution in [0, 0.1) is 12.3 Å². The average molecular weight is 377 g/mol. The van der Waals surface area contributed by atoms with E-state index in [9.17, 15) is 9.32 Å². The van der Waals surface area contributed by atoms with Crippen LogP contribution in [0.2, 0.25) is 0 Å². The quantitative estimate of drug-likeness (QED) is 0.514. The van der Waals surface area contributed by atoms with Crippen LogP contribution in [0.4, 0.5) is 0 Å². The van der Waals surface area contributed by atoms with Crippen molar-refractivity contribution in [3.8, 4) is 0 Å². The molecule has 0 aliphatic heterocycles. The fourth-order valence-electron chi connectivity index (χ4n) is 2.70. The molecule has 0 heterocycles. The maximum Gasteiger partial charge on any atom is 0.0950 e. The van der Waals surface area contributed by atoms with Crippen LogP contribution in [0.5, 0.6) is 0 Å². The summed E-state index contributed by atoms with van der Waals surface area (Å²) in [6.45, 7) is 12.8. The Balaban J connectivity index is 3.43. The number of unbranched alkanes of at least 4 members (excludes halogenated alkanes) is 2. The third-order valence-corrected chi connectivity index (χ3v) is 6.00. The van der Waals surface area contributed by atoms with Crippen LogP contribution >= 0.6 is 0 Å². The van der Waals surface area contributed by atoms with Gasteiger partial charge in [-0.05, 0) is 49.3 Å². The second-order valence-corrected chi connectivity index (χ2v) is 9.51. The first-order valence-electron chi connectivity index (χ1n) is 9.87. The minimum atomic E-state index is -1.39. The Morgan fingerprint density at radius 3 is 2.19 bits per heavy atom. The fourth-order valence-corrected chi connectivity index (χ4v) is 3.92. The first-order valence-corrected chi connectivity index (χ1v) is 11.0. The number of aliphatic hydroxyl groups is 1. The molecular weight excluding hydrogens is 340 g/mol. The lowest BCUT2D eigenvalue weighted by atomic mass is 9.84. The van der Waals surface area contributed by atoms with E-state index in [4.69, 9.17) is 0 Å². The second kappa shape index (κ2) is 10.9. The average Bonchev–Trinajstić information content (AvgIpc) is 2.58. The molecule has 2 atom stereocenters. The van der Waals surface area contributed by atoms with Gasteiger partial charge in [0.1, 0.15) is 0 Å². The molecule has 0 saturated heterocycles. The predicted molar refractivity (Wildman–Crippen MR) is 113 cm³/mol. The van der Waals surface area contributed by atoms with Gasteiger partial charge in [-0.3, -0.25) is 0 Å². The Morgan fingerprint density at radius 1 is 1.12 bits per heavy atom. The van der Waals surface area contributed by atoms with E-state index in [1.807, 2.05) is 31.2 Å². The number of hydrogen-bond acceptors (Lipinski definition) is 2. The van der Waals surface area contributed by atoms with Crippen molar-refractivity contribution in [2.45, 2.75) is 91.1 Å². The van der Waals surface area contributed by atoms with E-state index in [0.717, 1.165) is 48.1 Å².